The molecule has 26 heavy (non-hydrogen) atoms. The highest BCUT2D eigenvalue weighted by atomic mass is 16.5. The van der Waals surface area contributed by atoms with Gasteiger partial charge in [-0.25, -0.2) is 0 Å². The Labute approximate surface area is 151 Å². The molecule has 1 aromatic heterocycles. The van der Waals surface area contributed by atoms with Crippen LogP contribution in [-0.4, -0.2) is 83.6 Å². The van der Waals surface area contributed by atoms with E-state index in [1.54, 1.807) is 34.3 Å². The first kappa shape index (κ1) is 16.9. The highest BCUT2D eigenvalue weighted by Crippen LogP contribution is 2.19. The molecule has 0 spiro atoms. The number of para-hydroxylation sites is 1. The zero-order valence-corrected chi connectivity index (χ0v) is 14.4. The summed E-state index contributed by atoms with van der Waals surface area (Å²) < 4.78 is 5.32. The van der Waals surface area contributed by atoms with Crippen LogP contribution in [0.3, 0.4) is 0 Å². The lowest BCUT2D eigenvalue weighted by molar-refractivity contribution is -0.140. The van der Waals surface area contributed by atoms with Gasteiger partial charge in [0.15, 0.2) is 0 Å². The van der Waals surface area contributed by atoms with Gasteiger partial charge in [0.1, 0.15) is 11.6 Å². The van der Waals surface area contributed by atoms with Gasteiger partial charge in [-0.3, -0.25) is 19.6 Å². The summed E-state index contributed by atoms with van der Waals surface area (Å²) in [6, 6.07) is 4.86. The fourth-order valence-corrected chi connectivity index (χ4v) is 3.48. The highest BCUT2D eigenvalue weighted by molar-refractivity contribution is 6.06. The van der Waals surface area contributed by atoms with Crippen LogP contribution in [0.5, 0.6) is 0 Å². The lowest BCUT2D eigenvalue weighted by Gasteiger charge is -2.39. The molecule has 2 aliphatic rings. The fraction of sp³-hybridized carbons (Fsp3) is 0.444. The van der Waals surface area contributed by atoms with Gasteiger partial charge in [-0.05, 0) is 12.1 Å². The number of hydrogen-bond acceptors (Lipinski definition) is 6. The molecule has 3 heterocycles. The average Bonchev–Trinajstić information content (AvgIpc) is 2.73. The Morgan fingerprint density at radius 1 is 1.12 bits per heavy atom. The third-order valence-electron chi connectivity index (χ3n) is 4.84. The van der Waals surface area contributed by atoms with E-state index in [4.69, 9.17) is 4.74 Å². The molecule has 0 bridgehead atoms. The second-order valence-electron chi connectivity index (χ2n) is 6.39. The van der Waals surface area contributed by atoms with Crippen LogP contribution < -0.4 is 5.32 Å². The summed E-state index contributed by atoms with van der Waals surface area (Å²) in [7, 11) is 0. The molecular weight excluding hydrogens is 334 g/mol. The van der Waals surface area contributed by atoms with Crippen molar-refractivity contribution in [2.24, 2.45) is 0 Å². The van der Waals surface area contributed by atoms with E-state index >= 15 is 0 Å². The first-order valence-corrected chi connectivity index (χ1v) is 8.83. The van der Waals surface area contributed by atoms with Crippen LogP contribution in [0.25, 0.3) is 11.0 Å². The number of carbonyl (C=O) groups is 2. The van der Waals surface area contributed by atoms with Gasteiger partial charge in [-0.15, -0.1) is 0 Å². The summed E-state index contributed by atoms with van der Waals surface area (Å²) in [5.74, 6) is -0.204. The summed E-state index contributed by atoms with van der Waals surface area (Å²) in [6.45, 7) is 3.81. The molecule has 1 N–H and O–H groups in total. The van der Waals surface area contributed by atoms with E-state index in [-0.39, 0.29) is 11.8 Å². The molecule has 2 aromatic rings. The van der Waals surface area contributed by atoms with Crippen LogP contribution in [0.4, 0.5) is 0 Å². The Hall–Kier alpha value is -2.58. The second kappa shape index (κ2) is 7.35. The molecule has 1 atom stereocenters. The van der Waals surface area contributed by atoms with E-state index in [1.807, 2.05) is 6.07 Å². The fourth-order valence-electron chi connectivity index (χ4n) is 3.48. The van der Waals surface area contributed by atoms with E-state index in [0.29, 0.717) is 62.5 Å². The van der Waals surface area contributed by atoms with E-state index in [2.05, 4.69) is 15.3 Å². The van der Waals surface area contributed by atoms with Crippen LogP contribution in [0.2, 0.25) is 0 Å². The molecule has 8 nitrogen and oxygen atoms in total. The first-order valence-electron chi connectivity index (χ1n) is 8.83. The minimum atomic E-state index is -0.513. The zero-order chi connectivity index (χ0) is 17.9. The maximum Gasteiger partial charge on any atom is 0.256 e. The Morgan fingerprint density at radius 3 is 2.77 bits per heavy atom. The monoisotopic (exact) mass is 355 g/mol. The number of rotatable bonds is 2. The van der Waals surface area contributed by atoms with Crippen molar-refractivity contribution in [3.8, 4) is 0 Å². The zero-order valence-electron chi connectivity index (χ0n) is 14.4. The van der Waals surface area contributed by atoms with Crippen molar-refractivity contribution in [1.29, 1.82) is 0 Å². The van der Waals surface area contributed by atoms with Gasteiger partial charge in [0, 0.05) is 45.1 Å². The minimum Gasteiger partial charge on any atom is -0.378 e. The highest BCUT2D eigenvalue weighted by Gasteiger charge is 2.36. The van der Waals surface area contributed by atoms with Gasteiger partial charge in [-0.1, -0.05) is 6.07 Å². The predicted octanol–water partition coefficient (Wildman–Crippen LogP) is -0.0974. The Morgan fingerprint density at radius 2 is 1.92 bits per heavy atom. The molecule has 8 heteroatoms. The number of hydrogen-bond donors (Lipinski definition) is 1. The third kappa shape index (κ3) is 3.13. The number of nitrogens with zero attached hydrogens (tertiary/aromatic N) is 4. The number of fused-ring (bicyclic) bond motifs is 1. The molecule has 0 aliphatic carbocycles. The predicted molar refractivity (Wildman–Crippen MR) is 94.6 cm³/mol. The van der Waals surface area contributed by atoms with E-state index < -0.39 is 6.04 Å². The van der Waals surface area contributed by atoms with Crippen molar-refractivity contribution in [2.75, 3.05) is 45.9 Å². The lowest BCUT2D eigenvalue weighted by atomic mass is 10.1. The van der Waals surface area contributed by atoms with Gasteiger partial charge in [-0.2, -0.15) is 0 Å². The van der Waals surface area contributed by atoms with E-state index in [0.717, 1.165) is 0 Å². The smallest absolute Gasteiger partial charge is 0.256 e. The van der Waals surface area contributed by atoms with Crippen molar-refractivity contribution in [2.45, 2.75) is 6.04 Å². The Kier molecular flexibility index (Phi) is 4.77. The molecule has 2 saturated heterocycles. The molecule has 0 saturated carbocycles. The Balaban J connectivity index is 1.63. The van der Waals surface area contributed by atoms with Crippen molar-refractivity contribution in [1.82, 2.24) is 25.1 Å². The molecule has 136 valence electrons. The molecule has 4 rings (SSSR count). The van der Waals surface area contributed by atoms with Crippen molar-refractivity contribution < 1.29 is 14.3 Å². The number of nitrogens with one attached hydrogen (secondary N) is 1. The van der Waals surface area contributed by atoms with Gasteiger partial charge in [0.25, 0.3) is 5.91 Å². The number of amides is 2. The topological polar surface area (TPSA) is 87.7 Å². The quantitative estimate of drug-likeness (QED) is 0.810. The molecular formula is C18H21N5O3. The Bertz CT molecular complexity index is 816. The maximum atomic E-state index is 13.2. The second-order valence-corrected chi connectivity index (χ2v) is 6.39. The normalized spacial score (nSPS) is 21.0. The standard InChI is InChI=1S/C18H21N5O3/c24-17(13-2-1-3-14-16(13)21-5-4-20-14)23-7-6-19-12-15(23)18(25)22-8-10-26-11-9-22/h1-5,15,19H,6-12H2. The van der Waals surface area contributed by atoms with Gasteiger partial charge in [0.05, 0.1) is 24.3 Å². The number of morpholine rings is 1. The number of aromatic nitrogens is 2. The molecule has 2 aliphatic heterocycles. The SMILES string of the molecule is O=C(C1CNCCN1C(=O)c1cccc2nccnc12)N1CCOCC1. The van der Waals surface area contributed by atoms with Crippen LogP contribution >= 0.6 is 0 Å². The summed E-state index contributed by atoms with van der Waals surface area (Å²) >= 11 is 0. The molecule has 0 radical (unpaired) electrons. The first-order chi connectivity index (χ1) is 12.8. The van der Waals surface area contributed by atoms with Gasteiger partial charge >= 0.3 is 0 Å². The summed E-state index contributed by atoms with van der Waals surface area (Å²) in [4.78, 5) is 38.2. The van der Waals surface area contributed by atoms with Gasteiger partial charge in [0.2, 0.25) is 5.91 Å². The molecule has 1 aromatic carbocycles. The number of carbonyl (C=O) groups excluding carboxylic acids is 2. The number of benzene rings is 1. The van der Waals surface area contributed by atoms with Crippen LogP contribution in [0, 0.1) is 0 Å². The summed E-state index contributed by atoms with van der Waals surface area (Å²) in [6.07, 6.45) is 3.18. The summed E-state index contributed by atoms with van der Waals surface area (Å²) in [5, 5.41) is 3.23. The average molecular weight is 355 g/mol. The van der Waals surface area contributed by atoms with Crippen molar-refractivity contribution in [3.63, 3.8) is 0 Å². The molecule has 1 unspecified atom stereocenters. The van der Waals surface area contributed by atoms with Crippen LogP contribution in [0.1, 0.15) is 10.4 Å². The van der Waals surface area contributed by atoms with Crippen molar-refractivity contribution >= 4 is 22.8 Å². The maximum absolute atomic E-state index is 13.2. The van der Waals surface area contributed by atoms with E-state index in [9.17, 15) is 9.59 Å². The minimum absolute atomic E-state index is 0.0276. The molecule has 2 amide bonds. The third-order valence-corrected chi connectivity index (χ3v) is 4.84. The summed E-state index contributed by atoms with van der Waals surface area (Å²) in [5.41, 5.74) is 1.72. The van der Waals surface area contributed by atoms with Crippen LogP contribution in [0.15, 0.2) is 30.6 Å². The number of piperazine rings is 1. The largest absolute Gasteiger partial charge is 0.378 e. The number of ether oxygens (including phenoxy) is 1. The van der Waals surface area contributed by atoms with E-state index in [1.165, 1.54) is 0 Å². The molecule has 2 fully saturated rings. The van der Waals surface area contributed by atoms with Gasteiger partial charge < -0.3 is 19.9 Å². The van der Waals surface area contributed by atoms with Crippen molar-refractivity contribution in [3.05, 3.63) is 36.2 Å². The van der Waals surface area contributed by atoms with Crippen LogP contribution in [-0.2, 0) is 9.53 Å². The lowest BCUT2D eigenvalue weighted by Crippen LogP contribution is -2.61.